The van der Waals surface area contributed by atoms with Crippen molar-refractivity contribution in [1.29, 1.82) is 0 Å². The molecular formula is C15H21N3O2. The van der Waals surface area contributed by atoms with Gasteiger partial charge in [-0.15, -0.1) is 0 Å². The number of amides is 1. The number of carbonyl (C=O) groups excluding carboxylic acids is 1. The molecule has 20 heavy (non-hydrogen) atoms. The lowest BCUT2D eigenvalue weighted by Crippen LogP contribution is -2.53. The molecular weight excluding hydrogens is 254 g/mol. The molecule has 0 aliphatic carbocycles. The van der Waals surface area contributed by atoms with Crippen LogP contribution in [-0.2, 0) is 16.1 Å². The molecule has 0 saturated carbocycles. The van der Waals surface area contributed by atoms with Gasteiger partial charge in [-0.05, 0) is 31.5 Å². The van der Waals surface area contributed by atoms with E-state index in [0.717, 1.165) is 18.7 Å². The third kappa shape index (κ3) is 2.55. The summed E-state index contributed by atoms with van der Waals surface area (Å²) >= 11 is 0. The highest BCUT2D eigenvalue weighted by molar-refractivity contribution is 5.78. The van der Waals surface area contributed by atoms with E-state index in [9.17, 15) is 4.79 Å². The SMILES string of the molecule is CC(C)N1CC2OCC(=O)N(Cc3ccncc3)C2C1. The molecule has 0 bridgehead atoms. The van der Waals surface area contributed by atoms with Gasteiger partial charge in [0.1, 0.15) is 6.61 Å². The van der Waals surface area contributed by atoms with Crippen LogP contribution >= 0.6 is 0 Å². The molecule has 3 heterocycles. The van der Waals surface area contributed by atoms with Crippen molar-refractivity contribution in [3.05, 3.63) is 30.1 Å². The molecule has 0 spiro atoms. The highest BCUT2D eigenvalue weighted by Crippen LogP contribution is 2.26. The van der Waals surface area contributed by atoms with Crippen LogP contribution in [0.15, 0.2) is 24.5 Å². The number of aromatic nitrogens is 1. The zero-order valence-electron chi connectivity index (χ0n) is 12.0. The summed E-state index contributed by atoms with van der Waals surface area (Å²) in [5.41, 5.74) is 1.12. The molecule has 1 aromatic heterocycles. The molecule has 5 heteroatoms. The first-order valence-electron chi connectivity index (χ1n) is 7.19. The maximum atomic E-state index is 12.2. The minimum atomic E-state index is 0.0914. The zero-order chi connectivity index (χ0) is 14.1. The van der Waals surface area contributed by atoms with E-state index in [2.05, 4.69) is 23.7 Å². The van der Waals surface area contributed by atoms with Gasteiger partial charge >= 0.3 is 0 Å². The van der Waals surface area contributed by atoms with E-state index in [4.69, 9.17) is 4.74 Å². The van der Waals surface area contributed by atoms with Crippen molar-refractivity contribution in [1.82, 2.24) is 14.8 Å². The highest BCUT2D eigenvalue weighted by atomic mass is 16.5. The van der Waals surface area contributed by atoms with Crippen LogP contribution in [0.5, 0.6) is 0 Å². The fourth-order valence-electron chi connectivity index (χ4n) is 3.01. The number of ether oxygens (including phenoxy) is 1. The average Bonchev–Trinajstić information content (AvgIpc) is 2.88. The van der Waals surface area contributed by atoms with Gasteiger partial charge in [0.25, 0.3) is 0 Å². The Hall–Kier alpha value is -1.46. The van der Waals surface area contributed by atoms with Crippen LogP contribution in [0, 0.1) is 0 Å². The maximum Gasteiger partial charge on any atom is 0.249 e. The first-order valence-corrected chi connectivity index (χ1v) is 7.19. The number of hydrogen-bond acceptors (Lipinski definition) is 4. The molecule has 0 N–H and O–H groups in total. The summed E-state index contributed by atoms with van der Waals surface area (Å²) in [6.45, 7) is 7.05. The highest BCUT2D eigenvalue weighted by Gasteiger charge is 2.43. The first-order chi connectivity index (χ1) is 9.65. The van der Waals surface area contributed by atoms with Crippen LogP contribution in [0.3, 0.4) is 0 Å². The van der Waals surface area contributed by atoms with Crippen molar-refractivity contribution in [2.24, 2.45) is 0 Å². The molecule has 2 aliphatic heterocycles. The summed E-state index contributed by atoms with van der Waals surface area (Å²) in [6, 6.07) is 4.59. The summed E-state index contributed by atoms with van der Waals surface area (Å²) in [5, 5.41) is 0. The molecule has 3 rings (SSSR count). The van der Waals surface area contributed by atoms with Gasteiger partial charge in [0.05, 0.1) is 12.1 Å². The minimum Gasteiger partial charge on any atom is -0.365 e. The van der Waals surface area contributed by atoms with Gasteiger partial charge in [-0.3, -0.25) is 14.7 Å². The molecule has 2 saturated heterocycles. The van der Waals surface area contributed by atoms with Crippen LogP contribution in [0.25, 0.3) is 0 Å². The van der Waals surface area contributed by atoms with Gasteiger partial charge in [0.15, 0.2) is 0 Å². The van der Waals surface area contributed by atoms with Gasteiger partial charge in [-0.2, -0.15) is 0 Å². The van der Waals surface area contributed by atoms with Crippen molar-refractivity contribution >= 4 is 5.91 Å². The van der Waals surface area contributed by atoms with E-state index in [1.807, 2.05) is 17.0 Å². The van der Waals surface area contributed by atoms with Crippen molar-refractivity contribution in [2.75, 3.05) is 19.7 Å². The molecule has 2 unspecified atom stereocenters. The Morgan fingerprint density at radius 2 is 2.10 bits per heavy atom. The van der Waals surface area contributed by atoms with Crippen LogP contribution in [-0.4, -0.2) is 58.6 Å². The second kappa shape index (κ2) is 5.50. The third-order valence-electron chi connectivity index (χ3n) is 4.24. The maximum absolute atomic E-state index is 12.2. The monoisotopic (exact) mass is 275 g/mol. The van der Waals surface area contributed by atoms with Crippen LogP contribution in [0.2, 0.25) is 0 Å². The molecule has 108 valence electrons. The normalized spacial score (nSPS) is 27.1. The van der Waals surface area contributed by atoms with Gasteiger partial charge in [0.2, 0.25) is 5.91 Å². The first kappa shape index (κ1) is 13.5. The Balaban J connectivity index is 1.76. The van der Waals surface area contributed by atoms with Crippen LogP contribution < -0.4 is 0 Å². The standard InChI is InChI=1S/C15H21N3O2/c1-11(2)17-8-13-14(9-17)20-10-15(19)18(13)7-12-3-5-16-6-4-12/h3-6,11,13-14H,7-10H2,1-2H3. The van der Waals surface area contributed by atoms with E-state index in [1.165, 1.54) is 0 Å². The number of rotatable bonds is 3. The Bertz CT molecular complexity index is 477. The molecule has 2 atom stereocenters. The van der Waals surface area contributed by atoms with Crippen molar-refractivity contribution in [2.45, 2.75) is 38.6 Å². The number of likely N-dealkylation sites (tertiary alicyclic amines) is 1. The third-order valence-corrected chi connectivity index (χ3v) is 4.24. The van der Waals surface area contributed by atoms with Crippen LogP contribution in [0.4, 0.5) is 0 Å². The molecule has 1 aromatic rings. The van der Waals surface area contributed by atoms with Crippen molar-refractivity contribution < 1.29 is 9.53 Å². The summed E-state index contributed by atoms with van der Waals surface area (Å²) in [4.78, 5) is 20.6. The minimum absolute atomic E-state index is 0.0914. The molecule has 5 nitrogen and oxygen atoms in total. The molecule has 0 aromatic carbocycles. The van der Waals surface area contributed by atoms with Crippen molar-refractivity contribution in [3.63, 3.8) is 0 Å². The van der Waals surface area contributed by atoms with Gasteiger partial charge in [-0.25, -0.2) is 0 Å². The topological polar surface area (TPSA) is 45.7 Å². The summed E-state index contributed by atoms with van der Waals surface area (Å²) in [6.07, 6.45) is 3.69. The number of morpholine rings is 1. The van der Waals surface area contributed by atoms with E-state index < -0.39 is 0 Å². The second-order valence-electron chi connectivity index (χ2n) is 5.84. The Morgan fingerprint density at radius 3 is 2.80 bits per heavy atom. The average molecular weight is 275 g/mol. The van der Waals surface area contributed by atoms with E-state index in [-0.39, 0.29) is 24.7 Å². The Kier molecular flexibility index (Phi) is 3.72. The lowest BCUT2D eigenvalue weighted by atomic mass is 10.1. The van der Waals surface area contributed by atoms with Crippen LogP contribution in [0.1, 0.15) is 19.4 Å². The smallest absolute Gasteiger partial charge is 0.249 e. The summed E-state index contributed by atoms with van der Waals surface area (Å²) < 4.78 is 5.72. The lowest BCUT2D eigenvalue weighted by Gasteiger charge is -2.36. The Morgan fingerprint density at radius 1 is 1.35 bits per heavy atom. The number of pyridine rings is 1. The fraction of sp³-hybridized carbons (Fsp3) is 0.600. The van der Waals surface area contributed by atoms with E-state index in [1.54, 1.807) is 12.4 Å². The second-order valence-corrected chi connectivity index (χ2v) is 5.84. The summed E-state index contributed by atoms with van der Waals surface area (Å²) in [5.74, 6) is 0.0914. The molecule has 1 amide bonds. The molecule has 0 radical (unpaired) electrons. The fourth-order valence-corrected chi connectivity index (χ4v) is 3.01. The van der Waals surface area contributed by atoms with Gasteiger partial charge in [-0.1, -0.05) is 0 Å². The van der Waals surface area contributed by atoms with Gasteiger partial charge < -0.3 is 9.64 Å². The predicted octanol–water partition coefficient (Wildman–Crippen LogP) is 0.902. The van der Waals surface area contributed by atoms with E-state index >= 15 is 0 Å². The van der Waals surface area contributed by atoms with Gasteiger partial charge in [0, 0.05) is 38.1 Å². The Labute approximate surface area is 119 Å². The number of fused-ring (bicyclic) bond motifs is 1. The molecule has 2 aliphatic rings. The summed E-state index contributed by atoms with van der Waals surface area (Å²) in [7, 11) is 0. The largest absolute Gasteiger partial charge is 0.365 e. The van der Waals surface area contributed by atoms with Crippen molar-refractivity contribution in [3.8, 4) is 0 Å². The zero-order valence-corrected chi connectivity index (χ0v) is 12.0. The number of carbonyl (C=O) groups is 1. The number of hydrogen-bond donors (Lipinski definition) is 0. The van der Waals surface area contributed by atoms with E-state index in [0.29, 0.717) is 12.6 Å². The quantitative estimate of drug-likeness (QED) is 0.822. The lowest BCUT2D eigenvalue weighted by molar-refractivity contribution is -0.153. The molecule has 2 fully saturated rings. The number of nitrogens with zero attached hydrogens (tertiary/aromatic N) is 3. The predicted molar refractivity (Wildman–Crippen MR) is 75.0 cm³/mol.